The number of rotatable bonds is 5. The van der Waals surface area contributed by atoms with Gasteiger partial charge < -0.3 is 9.47 Å². The summed E-state index contributed by atoms with van der Waals surface area (Å²) in [6, 6.07) is 5.33. The van der Waals surface area contributed by atoms with Gasteiger partial charge in [-0.25, -0.2) is 0 Å². The van der Waals surface area contributed by atoms with Crippen LogP contribution in [0.5, 0.6) is 11.5 Å². The lowest BCUT2D eigenvalue weighted by atomic mass is 10.0. The number of hydrogen-bond acceptors (Lipinski definition) is 3. The summed E-state index contributed by atoms with van der Waals surface area (Å²) < 4.78 is 10.6. The maximum absolute atomic E-state index is 8.57. The molecule has 0 amide bonds. The number of halogens is 1. The Morgan fingerprint density at radius 1 is 1.29 bits per heavy atom. The largest absolute Gasteiger partial charge is 0.493 e. The number of ether oxygens (including phenoxy) is 2. The number of alkyl halides is 1. The van der Waals surface area contributed by atoms with Crippen molar-refractivity contribution in [2.75, 3.05) is 14.2 Å². The summed E-state index contributed by atoms with van der Waals surface area (Å²) in [7, 11) is 3.17. The van der Waals surface area contributed by atoms with E-state index in [1.165, 1.54) is 0 Å². The van der Waals surface area contributed by atoms with Gasteiger partial charge in [-0.1, -0.05) is 40.7 Å². The molecule has 0 aliphatic rings. The summed E-state index contributed by atoms with van der Waals surface area (Å²) in [5, 5.41) is 3.80. The zero-order chi connectivity index (χ0) is 12.8. The number of benzene rings is 1. The minimum atomic E-state index is -0.208. The Labute approximate surface area is 114 Å². The van der Waals surface area contributed by atoms with E-state index in [2.05, 4.69) is 32.6 Å². The highest BCUT2D eigenvalue weighted by Gasteiger charge is 2.17. The second-order valence-corrected chi connectivity index (χ2v) is 5.41. The molecule has 5 nitrogen and oxygen atoms in total. The van der Waals surface area contributed by atoms with Gasteiger partial charge in [0.1, 0.15) is 0 Å². The average molecular weight is 347 g/mol. The third-order valence-corrected chi connectivity index (χ3v) is 3.04. The highest BCUT2D eigenvalue weighted by Crippen LogP contribution is 2.34. The minimum absolute atomic E-state index is 0.196. The third kappa shape index (κ3) is 3.41. The Morgan fingerprint density at radius 2 is 1.94 bits per heavy atom. The molecule has 0 aliphatic heterocycles. The van der Waals surface area contributed by atoms with Gasteiger partial charge in [-0.3, -0.25) is 0 Å². The van der Waals surface area contributed by atoms with E-state index in [1.54, 1.807) is 14.2 Å². The first-order chi connectivity index (χ1) is 8.13. The van der Waals surface area contributed by atoms with Crippen molar-refractivity contribution in [3.63, 3.8) is 0 Å². The number of nitrogens with zero attached hydrogens (tertiary/aromatic N) is 3. The second-order valence-electron chi connectivity index (χ2n) is 3.44. The lowest BCUT2D eigenvalue weighted by Gasteiger charge is -2.16. The Bertz CT molecular complexity index is 431. The van der Waals surface area contributed by atoms with Gasteiger partial charge in [-0.05, 0) is 23.2 Å². The lowest BCUT2D eigenvalue weighted by Crippen LogP contribution is -2.06. The molecule has 0 N–H and O–H groups in total. The SMILES string of the molecule is COc1ccc([C@@H](N=[N+]=[N-])[C@H](C)I)cc1OC. The first-order valence-corrected chi connectivity index (χ1v) is 6.28. The van der Waals surface area contributed by atoms with Gasteiger partial charge >= 0.3 is 0 Å². The predicted molar refractivity (Wildman–Crippen MR) is 74.9 cm³/mol. The topological polar surface area (TPSA) is 67.2 Å². The summed E-state index contributed by atoms with van der Waals surface area (Å²) in [4.78, 5) is 2.88. The van der Waals surface area contributed by atoms with Crippen molar-refractivity contribution in [2.45, 2.75) is 16.9 Å². The highest BCUT2D eigenvalue weighted by atomic mass is 127. The van der Waals surface area contributed by atoms with Gasteiger partial charge in [-0.2, -0.15) is 0 Å². The zero-order valence-corrected chi connectivity index (χ0v) is 12.1. The highest BCUT2D eigenvalue weighted by molar-refractivity contribution is 14.1. The molecular formula is C11H14IN3O2. The van der Waals surface area contributed by atoms with Crippen LogP contribution >= 0.6 is 22.6 Å². The predicted octanol–water partition coefficient (Wildman–Crippen LogP) is 3.88. The van der Waals surface area contributed by atoms with Crippen LogP contribution in [0.4, 0.5) is 0 Å². The van der Waals surface area contributed by atoms with E-state index in [4.69, 9.17) is 15.0 Å². The summed E-state index contributed by atoms with van der Waals surface area (Å²) in [5.74, 6) is 1.30. The van der Waals surface area contributed by atoms with Crippen molar-refractivity contribution in [3.8, 4) is 11.5 Å². The normalized spacial score (nSPS) is 13.4. The van der Waals surface area contributed by atoms with Gasteiger partial charge in [0, 0.05) is 8.84 Å². The van der Waals surface area contributed by atoms with Gasteiger partial charge in [0.25, 0.3) is 0 Å². The molecule has 0 bridgehead atoms. The fourth-order valence-corrected chi connectivity index (χ4v) is 2.08. The monoisotopic (exact) mass is 347 g/mol. The maximum atomic E-state index is 8.57. The Hall–Kier alpha value is -1.14. The Kier molecular flexibility index (Phi) is 5.37. The van der Waals surface area contributed by atoms with E-state index in [0.717, 1.165) is 5.56 Å². The molecule has 0 saturated heterocycles. The molecule has 0 fully saturated rings. The van der Waals surface area contributed by atoms with E-state index < -0.39 is 0 Å². The van der Waals surface area contributed by atoms with Crippen molar-refractivity contribution in [1.29, 1.82) is 0 Å². The van der Waals surface area contributed by atoms with Crippen molar-refractivity contribution in [2.24, 2.45) is 5.11 Å². The number of methoxy groups -OCH3 is 2. The summed E-state index contributed by atoms with van der Waals surface area (Å²) in [6.45, 7) is 2.00. The first-order valence-electron chi connectivity index (χ1n) is 5.04. The van der Waals surface area contributed by atoms with Crippen molar-refractivity contribution in [3.05, 3.63) is 34.2 Å². The Morgan fingerprint density at radius 3 is 2.41 bits per heavy atom. The molecule has 1 aromatic carbocycles. The Balaban J connectivity index is 3.16. The second kappa shape index (κ2) is 6.56. The van der Waals surface area contributed by atoms with Gasteiger partial charge in [-0.15, -0.1) is 0 Å². The molecule has 92 valence electrons. The molecule has 0 saturated carbocycles. The molecule has 2 atom stereocenters. The minimum Gasteiger partial charge on any atom is -0.493 e. The summed E-state index contributed by atoms with van der Waals surface area (Å²) in [5.41, 5.74) is 9.49. The van der Waals surface area contributed by atoms with Crippen LogP contribution in [0.2, 0.25) is 0 Å². The van der Waals surface area contributed by atoms with Crippen LogP contribution in [0.1, 0.15) is 18.5 Å². The van der Waals surface area contributed by atoms with E-state index in [-0.39, 0.29) is 9.97 Å². The molecule has 0 heterocycles. The molecule has 1 rings (SSSR count). The van der Waals surface area contributed by atoms with Crippen molar-refractivity contribution >= 4 is 22.6 Å². The maximum Gasteiger partial charge on any atom is 0.160 e. The van der Waals surface area contributed by atoms with Gasteiger partial charge in [0.05, 0.1) is 20.3 Å². The lowest BCUT2D eigenvalue weighted by molar-refractivity contribution is 0.354. The van der Waals surface area contributed by atoms with Crippen LogP contribution < -0.4 is 9.47 Å². The molecule has 0 aromatic heterocycles. The first kappa shape index (κ1) is 13.9. The van der Waals surface area contributed by atoms with Crippen LogP contribution in [0, 0.1) is 0 Å². The molecule has 17 heavy (non-hydrogen) atoms. The van der Waals surface area contributed by atoms with Crippen LogP contribution in [-0.4, -0.2) is 18.1 Å². The molecule has 6 heteroatoms. The molecular weight excluding hydrogens is 333 g/mol. The smallest absolute Gasteiger partial charge is 0.160 e. The quantitative estimate of drug-likeness (QED) is 0.267. The van der Waals surface area contributed by atoms with Crippen molar-refractivity contribution < 1.29 is 9.47 Å². The summed E-state index contributed by atoms with van der Waals surface area (Å²) in [6.07, 6.45) is 0. The molecule has 0 aliphatic carbocycles. The fourth-order valence-electron chi connectivity index (χ4n) is 1.52. The van der Waals surface area contributed by atoms with E-state index >= 15 is 0 Å². The van der Waals surface area contributed by atoms with E-state index in [1.807, 2.05) is 25.1 Å². The van der Waals surface area contributed by atoms with Gasteiger partial charge in [0.15, 0.2) is 11.5 Å². The van der Waals surface area contributed by atoms with E-state index in [9.17, 15) is 0 Å². The van der Waals surface area contributed by atoms with Crippen molar-refractivity contribution in [1.82, 2.24) is 0 Å². The van der Waals surface area contributed by atoms with E-state index in [0.29, 0.717) is 11.5 Å². The summed E-state index contributed by atoms with van der Waals surface area (Å²) >= 11 is 2.24. The van der Waals surface area contributed by atoms with Gasteiger partial charge in [0.2, 0.25) is 0 Å². The number of azide groups is 1. The standard InChI is InChI=1S/C11H14IN3O2/c1-7(12)11(14-15-13)8-4-5-9(16-2)10(6-8)17-3/h4-7,11H,1-3H3/t7-,11-/m0/s1. The molecule has 1 aromatic rings. The zero-order valence-electron chi connectivity index (χ0n) is 9.92. The third-order valence-electron chi connectivity index (χ3n) is 2.36. The average Bonchev–Trinajstić information content (AvgIpc) is 2.34. The molecule has 0 spiro atoms. The molecule has 0 unspecified atom stereocenters. The van der Waals surface area contributed by atoms with Crippen LogP contribution in [0.25, 0.3) is 10.4 Å². The van der Waals surface area contributed by atoms with Crippen LogP contribution in [0.3, 0.4) is 0 Å². The van der Waals surface area contributed by atoms with Crippen LogP contribution in [0.15, 0.2) is 23.3 Å². The van der Waals surface area contributed by atoms with Crippen LogP contribution in [-0.2, 0) is 0 Å². The number of hydrogen-bond donors (Lipinski definition) is 0. The molecule has 0 radical (unpaired) electrons. The fraction of sp³-hybridized carbons (Fsp3) is 0.455.